The molecule has 110 valence electrons. The van der Waals surface area contributed by atoms with Crippen LogP contribution in [0.15, 0.2) is 48.5 Å². The predicted molar refractivity (Wildman–Crippen MR) is 87.4 cm³/mol. The van der Waals surface area contributed by atoms with Gasteiger partial charge in [-0.05, 0) is 43.5 Å². The molecule has 0 bridgehead atoms. The molecule has 0 fully saturated rings. The molecule has 2 aromatic carbocycles. The van der Waals surface area contributed by atoms with E-state index in [0.717, 1.165) is 11.3 Å². The zero-order valence-electron chi connectivity index (χ0n) is 12.8. The van der Waals surface area contributed by atoms with Crippen LogP contribution in [0.3, 0.4) is 0 Å². The average Bonchev–Trinajstić information content (AvgIpc) is 2.48. The molecule has 0 saturated heterocycles. The molecule has 21 heavy (non-hydrogen) atoms. The van der Waals surface area contributed by atoms with Crippen molar-refractivity contribution in [1.29, 1.82) is 0 Å². The van der Waals surface area contributed by atoms with Crippen molar-refractivity contribution in [3.63, 3.8) is 0 Å². The van der Waals surface area contributed by atoms with Gasteiger partial charge in [0.1, 0.15) is 0 Å². The van der Waals surface area contributed by atoms with E-state index >= 15 is 0 Å². The Morgan fingerprint density at radius 1 is 1.00 bits per heavy atom. The molecule has 3 heteroatoms. The first kappa shape index (κ1) is 15.3. The van der Waals surface area contributed by atoms with Gasteiger partial charge in [-0.2, -0.15) is 0 Å². The quantitative estimate of drug-likeness (QED) is 0.880. The highest BCUT2D eigenvalue weighted by Gasteiger charge is 2.10. The molecule has 0 aromatic heterocycles. The Morgan fingerprint density at radius 2 is 1.62 bits per heavy atom. The molecule has 0 radical (unpaired) electrons. The summed E-state index contributed by atoms with van der Waals surface area (Å²) >= 11 is 0. The second-order valence-corrected chi connectivity index (χ2v) is 5.32. The van der Waals surface area contributed by atoms with Crippen LogP contribution in [0.2, 0.25) is 0 Å². The number of hydrogen-bond acceptors (Lipinski definition) is 2. The van der Waals surface area contributed by atoms with Crippen LogP contribution in [-0.2, 0) is 4.79 Å². The van der Waals surface area contributed by atoms with E-state index in [1.165, 1.54) is 11.1 Å². The largest absolute Gasteiger partial charge is 0.325 e. The minimum absolute atomic E-state index is 0.0234. The molecule has 0 spiro atoms. The summed E-state index contributed by atoms with van der Waals surface area (Å²) in [6.07, 6.45) is 0. The standard InChI is InChI=1S/C18H22N2O/c1-13-8-4-6-10-16(13)15(3)19-12-18(21)20-17-11-7-5-9-14(17)2/h4-11,15,19H,12H2,1-3H3,(H,20,21)/t15-/m1/s1. The van der Waals surface area contributed by atoms with Gasteiger partial charge in [0.15, 0.2) is 0 Å². The number of para-hydroxylation sites is 1. The van der Waals surface area contributed by atoms with Crippen molar-refractivity contribution in [3.8, 4) is 0 Å². The molecular weight excluding hydrogens is 260 g/mol. The van der Waals surface area contributed by atoms with Gasteiger partial charge in [-0.15, -0.1) is 0 Å². The second kappa shape index (κ2) is 7.04. The number of rotatable bonds is 5. The molecule has 0 unspecified atom stereocenters. The fourth-order valence-corrected chi connectivity index (χ4v) is 2.34. The Kier molecular flexibility index (Phi) is 5.12. The Hall–Kier alpha value is -2.13. The molecule has 2 rings (SSSR count). The number of benzene rings is 2. The summed E-state index contributed by atoms with van der Waals surface area (Å²) in [7, 11) is 0. The summed E-state index contributed by atoms with van der Waals surface area (Å²) in [5.74, 6) is -0.0234. The van der Waals surface area contributed by atoms with Crippen LogP contribution < -0.4 is 10.6 Å². The van der Waals surface area contributed by atoms with Gasteiger partial charge in [-0.25, -0.2) is 0 Å². The summed E-state index contributed by atoms with van der Waals surface area (Å²) < 4.78 is 0. The first-order chi connectivity index (χ1) is 10.1. The van der Waals surface area contributed by atoms with Gasteiger partial charge in [-0.1, -0.05) is 42.5 Å². The van der Waals surface area contributed by atoms with Gasteiger partial charge in [0.25, 0.3) is 0 Å². The van der Waals surface area contributed by atoms with Gasteiger partial charge >= 0.3 is 0 Å². The van der Waals surface area contributed by atoms with E-state index in [1.54, 1.807) is 0 Å². The molecular formula is C18H22N2O. The maximum absolute atomic E-state index is 12.0. The molecule has 2 N–H and O–H groups in total. The zero-order chi connectivity index (χ0) is 15.2. The third kappa shape index (κ3) is 4.17. The summed E-state index contributed by atoms with van der Waals surface area (Å²) in [4.78, 5) is 12.0. The fourth-order valence-electron chi connectivity index (χ4n) is 2.34. The lowest BCUT2D eigenvalue weighted by atomic mass is 10.0. The number of hydrogen-bond donors (Lipinski definition) is 2. The van der Waals surface area contributed by atoms with E-state index < -0.39 is 0 Å². The monoisotopic (exact) mass is 282 g/mol. The molecule has 0 aliphatic carbocycles. The topological polar surface area (TPSA) is 41.1 Å². The number of anilines is 1. The molecule has 1 atom stereocenters. The first-order valence-electron chi connectivity index (χ1n) is 7.22. The number of nitrogens with one attached hydrogen (secondary N) is 2. The van der Waals surface area contributed by atoms with Crippen LogP contribution >= 0.6 is 0 Å². The minimum Gasteiger partial charge on any atom is -0.325 e. The minimum atomic E-state index is -0.0234. The van der Waals surface area contributed by atoms with Crippen molar-refractivity contribution in [3.05, 3.63) is 65.2 Å². The van der Waals surface area contributed by atoms with E-state index in [1.807, 2.05) is 43.3 Å². The van der Waals surface area contributed by atoms with Gasteiger partial charge in [0.05, 0.1) is 6.54 Å². The average molecular weight is 282 g/mol. The molecule has 0 saturated carbocycles. The number of carbonyl (C=O) groups is 1. The van der Waals surface area contributed by atoms with Gasteiger partial charge in [0.2, 0.25) is 5.91 Å². The summed E-state index contributed by atoms with van der Waals surface area (Å²) in [5.41, 5.74) is 4.39. The van der Waals surface area contributed by atoms with Crippen molar-refractivity contribution in [2.24, 2.45) is 0 Å². The molecule has 0 heterocycles. The SMILES string of the molecule is Cc1ccccc1NC(=O)CN[C@H](C)c1ccccc1C. The van der Waals surface area contributed by atoms with Gasteiger partial charge in [0, 0.05) is 11.7 Å². The van der Waals surface area contributed by atoms with Crippen molar-refractivity contribution in [2.75, 3.05) is 11.9 Å². The third-order valence-electron chi connectivity index (χ3n) is 3.64. The van der Waals surface area contributed by atoms with E-state index in [0.29, 0.717) is 6.54 Å². The van der Waals surface area contributed by atoms with E-state index in [2.05, 4.69) is 36.6 Å². The Balaban J connectivity index is 1.90. The van der Waals surface area contributed by atoms with Crippen molar-refractivity contribution in [1.82, 2.24) is 5.32 Å². The fraction of sp³-hybridized carbons (Fsp3) is 0.278. The zero-order valence-corrected chi connectivity index (χ0v) is 12.8. The lowest BCUT2D eigenvalue weighted by molar-refractivity contribution is -0.115. The predicted octanol–water partition coefficient (Wildman–Crippen LogP) is 3.59. The smallest absolute Gasteiger partial charge is 0.238 e. The second-order valence-electron chi connectivity index (χ2n) is 5.32. The lowest BCUT2D eigenvalue weighted by Gasteiger charge is -2.16. The van der Waals surface area contributed by atoms with Gasteiger partial charge in [-0.3, -0.25) is 4.79 Å². The Morgan fingerprint density at radius 3 is 2.29 bits per heavy atom. The van der Waals surface area contributed by atoms with Crippen molar-refractivity contribution < 1.29 is 4.79 Å². The van der Waals surface area contributed by atoms with E-state index in [-0.39, 0.29) is 11.9 Å². The van der Waals surface area contributed by atoms with E-state index in [9.17, 15) is 4.79 Å². The molecule has 2 aromatic rings. The van der Waals surface area contributed by atoms with Crippen LogP contribution in [0.1, 0.15) is 29.7 Å². The van der Waals surface area contributed by atoms with Crippen molar-refractivity contribution in [2.45, 2.75) is 26.8 Å². The summed E-state index contributed by atoms with van der Waals surface area (Å²) in [5, 5.41) is 6.20. The molecule has 0 aliphatic rings. The maximum atomic E-state index is 12.0. The Bertz CT molecular complexity index is 622. The van der Waals surface area contributed by atoms with Crippen molar-refractivity contribution >= 4 is 11.6 Å². The molecule has 0 aliphatic heterocycles. The lowest BCUT2D eigenvalue weighted by Crippen LogP contribution is -2.30. The normalized spacial score (nSPS) is 12.0. The maximum Gasteiger partial charge on any atom is 0.238 e. The third-order valence-corrected chi connectivity index (χ3v) is 3.64. The molecule has 3 nitrogen and oxygen atoms in total. The number of amides is 1. The van der Waals surface area contributed by atoms with Crippen LogP contribution in [-0.4, -0.2) is 12.5 Å². The van der Waals surface area contributed by atoms with Crippen LogP contribution in [0.25, 0.3) is 0 Å². The Labute approximate surface area is 126 Å². The molecule has 1 amide bonds. The van der Waals surface area contributed by atoms with Crippen LogP contribution in [0.4, 0.5) is 5.69 Å². The number of aryl methyl sites for hydroxylation is 2. The highest BCUT2D eigenvalue weighted by molar-refractivity contribution is 5.92. The first-order valence-corrected chi connectivity index (χ1v) is 7.22. The highest BCUT2D eigenvalue weighted by Crippen LogP contribution is 2.16. The summed E-state index contributed by atoms with van der Waals surface area (Å²) in [6, 6.07) is 16.2. The number of carbonyl (C=O) groups excluding carboxylic acids is 1. The van der Waals surface area contributed by atoms with Gasteiger partial charge < -0.3 is 10.6 Å². The van der Waals surface area contributed by atoms with Crippen LogP contribution in [0.5, 0.6) is 0 Å². The summed E-state index contributed by atoms with van der Waals surface area (Å²) in [6.45, 7) is 6.44. The van der Waals surface area contributed by atoms with Crippen LogP contribution in [0, 0.1) is 13.8 Å². The highest BCUT2D eigenvalue weighted by atomic mass is 16.1. The van der Waals surface area contributed by atoms with E-state index in [4.69, 9.17) is 0 Å².